The number of benzene rings is 1. The molecule has 0 saturated carbocycles. The van der Waals surface area contributed by atoms with Gasteiger partial charge in [-0.2, -0.15) is 10.1 Å². The molecule has 1 aliphatic heterocycles. The van der Waals surface area contributed by atoms with E-state index in [0.29, 0.717) is 47.3 Å². The second-order valence-electron chi connectivity index (χ2n) is 7.81. The molecule has 34 heavy (non-hydrogen) atoms. The number of fused-ring (bicyclic) bond motifs is 2. The van der Waals surface area contributed by atoms with Crippen molar-refractivity contribution in [1.29, 1.82) is 0 Å². The molecular formula is C22H18Cl2FN7O2. The number of nitrogens with zero attached hydrogens (tertiary/aromatic N) is 6. The monoisotopic (exact) mass is 501 g/mol. The van der Waals surface area contributed by atoms with Crippen LogP contribution in [-0.2, 0) is 4.79 Å². The van der Waals surface area contributed by atoms with Crippen molar-refractivity contribution in [1.82, 2.24) is 30.0 Å². The van der Waals surface area contributed by atoms with Gasteiger partial charge in [-0.05, 0) is 19.1 Å². The lowest BCUT2D eigenvalue weighted by molar-refractivity contribution is -0.126. The molecule has 0 bridgehead atoms. The minimum absolute atomic E-state index is 0.0321. The van der Waals surface area contributed by atoms with Crippen LogP contribution < -0.4 is 9.64 Å². The van der Waals surface area contributed by atoms with Gasteiger partial charge in [0.05, 0.1) is 22.5 Å². The maximum atomic E-state index is 14.4. The van der Waals surface area contributed by atoms with E-state index in [0.717, 1.165) is 0 Å². The molecule has 174 valence electrons. The maximum Gasteiger partial charge on any atom is 0.247 e. The van der Waals surface area contributed by atoms with Gasteiger partial charge in [0.15, 0.2) is 5.75 Å². The summed E-state index contributed by atoms with van der Waals surface area (Å²) in [7, 11) is 0. The molecule has 1 atom stereocenters. The van der Waals surface area contributed by atoms with Crippen LogP contribution in [0.4, 0.5) is 10.2 Å². The summed E-state index contributed by atoms with van der Waals surface area (Å²) < 4.78 is 20.4. The summed E-state index contributed by atoms with van der Waals surface area (Å²) in [6.07, 6.45) is 4.19. The highest BCUT2D eigenvalue weighted by atomic mass is 35.5. The van der Waals surface area contributed by atoms with Gasteiger partial charge in [-0.1, -0.05) is 29.8 Å². The van der Waals surface area contributed by atoms with Crippen molar-refractivity contribution < 1.29 is 13.9 Å². The number of halogens is 3. The number of aromatic nitrogens is 5. The number of hydrogen-bond acceptors (Lipinski definition) is 7. The molecule has 5 rings (SSSR count). The first-order chi connectivity index (χ1) is 16.4. The Morgan fingerprint density at radius 3 is 2.88 bits per heavy atom. The average Bonchev–Trinajstić information content (AvgIpc) is 3.29. The molecule has 1 N–H and O–H groups in total. The molecule has 0 unspecified atom stereocenters. The average molecular weight is 502 g/mol. The zero-order valence-corrected chi connectivity index (χ0v) is 19.4. The highest BCUT2D eigenvalue weighted by molar-refractivity contribution is 6.33. The first-order valence-electron chi connectivity index (χ1n) is 10.4. The number of aromatic amines is 1. The molecule has 9 nitrogen and oxygen atoms in total. The number of piperazine rings is 1. The van der Waals surface area contributed by atoms with Gasteiger partial charge < -0.3 is 14.5 Å². The number of hydrogen-bond donors (Lipinski definition) is 1. The zero-order chi connectivity index (χ0) is 24.0. The van der Waals surface area contributed by atoms with E-state index in [2.05, 4.69) is 36.6 Å². The minimum atomic E-state index is -0.671. The Hall–Kier alpha value is -3.50. The second-order valence-corrected chi connectivity index (χ2v) is 8.57. The van der Waals surface area contributed by atoms with Crippen LogP contribution in [0, 0.1) is 5.82 Å². The van der Waals surface area contributed by atoms with E-state index in [1.54, 1.807) is 11.0 Å². The molecule has 0 aliphatic carbocycles. The molecule has 0 radical (unpaired) electrons. The Labute approximate surface area is 203 Å². The third-order valence-electron chi connectivity index (χ3n) is 5.72. The van der Waals surface area contributed by atoms with Crippen LogP contribution >= 0.6 is 23.2 Å². The van der Waals surface area contributed by atoms with Crippen molar-refractivity contribution in [2.75, 3.05) is 24.5 Å². The Morgan fingerprint density at radius 1 is 1.29 bits per heavy atom. The van der Waals surface area contributed by atoms with Gasteiger partial charge in [0.2, 0.25) is 11.8 Å². The predicted molar refractivity (Wildman–Crippen MR) is 127 cm³/mol. The molecule has 4 aromatic rings. The first-order valence-corrected chi connectivity index (χ1v) is 11.1. The van der Waals surface area contributed by atoms with Crippen LogP contribution in [0.15, 0.2) is 37.3 Å². The molecule has 1 aromatic carbocycles. The second kappa shape index (κ2) is 8.69. The number of nitrogens with one attached hydrogen (secondary N) is 1. The number of ether oxygens (including phenoxy) is 1. The number of anilines is 1. The standard InChI is InChI=1S/C22H18Cl2FN7O2/c1-3-17(33)31-4-5-32(11(2)9-31)21-12-6-16(23)29-22(19(12)26-10-27-21)34-20-13-8-28-30-15(13)7-14(25)18(20)24/h3,6-8,10-11H,1,4-5,9H2,2H3,(H,28,30)/t11-/m0/s1. The number of carbonyl (C=O) groups is 1. The van der Waals surface area contributed by atoms with Gasteiger partial charge in [0, 0.05) is 31.7 Å². The molecule has 0 spiro atoms. The fourth-order valence-electron chi connectivity index (χ4n) is 4.09. The van der Waals surface area contributed by atoms with Crippen molar-refractivity contribution in [3.8, 4) is 11.6 Å². The lowest BCUT2D eigenvalue weighted by atomic mass is 10.1. The van der Waals surface area contributed by atoms with Crippen molar-refractivity contribution in [2.24, 2.45) is 0 Å². The van der Waals surface area contributed by atoms with Gasteiger partial charge in [0.1, 0.15) is 33.7 Å². The van der Waals surface area contributed by atoms with Crippen LogP contribution in [0.1, 0.15) is 6.92 Å². The van der Waals surface area contributed by atoms with Gasteiger partial charge in [-0.3, -0.25) is 9.89 Å². The third kappa shape index (κ3) is 3.78. The molecule has 3 aromatic heterocycles. The summed E-state index contributed by atoms with van der Waals surface area (Å²) in [5.41, 5.74) is 0.794. The summed E-state index contributed by atoms with van der Waals surface area (Å²) in [5.74, 6) is -0.0627. The molecule has 12 heteroatoms. The number of H-pyrrole nitrogens is 1. The minimum Gasteiger partial charge on any atom is -0.434 e. The predicted octanol–water partition coefficient (Wildman–Crippen LogP) is 4.36. The maximum absolute atomic E-state index is 14.4. The number of rotatable bonds is 4. The molecule has 1 aliphatic rings. The van der Waals surface area contributed by atoms with Crippen LogP contribution in [0.3, 0.4) is 0 Å². The highest BCUT2D eigenvalue weighted by Crippen LogP contribution is 2.40. The van der Waals surface area contributed by atoms with Gasteiger partial charge >= 0.3 is 0 Å². The Morgan fingerprint density at radius 2 is 2.12 bits per heavy atom. The SMILES string of the molecule is C=CC(=O)N1CCN(c2ncnc3c(Oc4c(Cl)c(F)cc5[nH]ncc45)nc(Cl)cc23)[C@@H](C)C1. The first kappa shape index (κ1) is 22.3. The van der Waals surface area contributed by atoms with E-state index < -0.39 is 5.82 Å². The Bertz CT molecular complexity index is 1440. The van der Waals surface area contributed by atoms with Crippen LogP contribution in [-0.4, -0.2) is 61.6 Å². The van der Waals surface area contributed by atoms with E-state index in [1.165, 1.54) is 24.7 Å². The van der Waals surface area contributed by atoms with Gasteiger partial charge in [-0.25, -0.2) is 14.4 Å². The number of carbonyl (C=O) groups excluding carboxylic acids is 1. The number of pyridine rings is 1. The van der Waals surface area contributed by atoms with E-state index in [4.69, 9.17) is 27.9 Å². The number of amides is 1. The van der Waals surface area contributed by atoms with Crippen molar-refractivity contribution >= 4 is 56.7 Å². The summed E-state index contributed by atoms with van der Waals surface area (Å²) >= 11 is 12.5. The fourth-order valence-corrected chi connectivity index (χ4v) is 4.47. The molecular weight excluding hydrogens is 484 g/mol. The Kier molecular flexibility index (Phi) is 5.70. The summed E-state index contributed by atoms with van der Waals surface area (Å²) in [6.45, 7) is 7.13. The quantitative estimate of drug-likeness (QED) is 0.327. The van der Waals surface area contributed by atoms with E-state index in [1.807, 2.05) is 6.92 Å². The van der Waals surface area contributed by atoms with Gasteiger partial charge in [0.25, 0.3) is 0 Å². The molecule has 1 fully saturated rings. The smallest absolute Gasteiger partial charge is 0.247 e. The largest absolute Gasteiger partial charge is 0.434 e. The van der Waals surface area contributed by atoms with E-state index in [9.17, 15) is 9.18 Å². The fraction of sp³-hybridized carbons (Fsp3) is 0.227. The normalized spacial score (nSPS) is 16.3. The van der Waals surface area contributed by atoms with Crippen molar-refractivity contribution in [3.63, 3.8) is 0 Å². The topological polar surface area (TPSA) is 100 Å². The lowest BCUT2D eigenvalue weighted by Gasteiger charge is -2.40. The summed E-state index contributed by atoms with van der Waals surface area (Å²) in [5, 5.41) is 7.63. The van der Waals surface area contributed by atoms with Crippen molar-refractivity contribution in [3.05, 3.63) is 53.3 Å². The molecule has 1 amide bonds. The van der Waals surface area contributed by atoms with Gasteiger partial charge in [-0.15, -0.1) is 0 Å². The zero-order valence-electron chi connectivity index (χ0n) is 17.9. The van der Waals surface area contributed by atoms with E-state index in [-0.39, 0.29) is 33.8 Å². The summed E-state index contributed by atoms with van der Waals surface area (Å²) in [4.78, 5) is 28.9. The van der Waals surface area contributed by atoms with Crippen LogP contribution in [0.25, 0.3) is 21.8 Å². The lowest BCUT2D eigenvalue weighted by Crippen LogP contribution is -2.53. The van der Waals surface area contributed by atoms with Crippen LogP contribution in [0.5, 0.6) is 11.6 Å². The molecule has 1 saturated heterocycles. The van der Waals surface area contributed by atoms with Crippen LogP contribution in [0.2, 0.25) is 10.2 Å². The highest BCUT2D eigenvalue weighted by Gasteiger charge is 2.29. The molecule has 4 heterocycles. The van der Waals surface area contributed by atoms with E-state index >= 15 is 0 Å². The van der Waals surface area contributed by atoms with Crippen molar-refractivity contribution in [2.45, 2.75) is 13.0 Å². The Balaban J connectivity index is 1.58. The third-order valence-corrected chi connectivity index (χ3v) is 6.26. The summed E-state index contributed by atoms with van der Waals surface area (Å²) in [6, 6.07) is 2.85.